The Labute approximate surface area is 171 Å². The minimum Gasteiger partial charge on any atom is -0.375 e. The standard InChI is InChI=1S/C22H19N3O3S/c1-14-4-3-5-16(10-14)22(27)24-17-6-8-19(9-7-17)29-13-18-12-21(26)25-20(23-18)11-15(2)28-25/h3-12H,13H2,1-2H3,(H,24,27). The molecule has 2 heterocycles. The second kappa shape index (κ2) is 7.97. The zero-order valence-electron chi connectivity index (χ0n) is 16.0. The molecule has 0 aliphatic carbocycles. The third-order valence-corrected chi connectivity index (χ3v) is 5.35. The maximum absolute atomic E-state index is 12.3. The van der Waals surface area contributed by atoms with Crippen molar-refractivity contribution in [2.75, 3.05) is 5.32 Å². The van der Waals surface area contributed by atoms with E-state index >= 15 is 0 Å². The molecule has 1 N–H and O–H groups in total. The molecular weight excluding hydrogens is 386 g/mol. The highest BCUT2D eigenvalue weighted by Gasteiger charge is 2.08. The number of rotatable bonds is 5. The fourth-order valence-electron chi connectivity index (χ4n) is 2.93. The Balaban J connectivity index is 1.41. The third-order valence-electron chi connectivity index (χ3n) is 4.30. The number of amides is 1. The molecule has 0 bridgehead atoms. The number of carbonyl (C=O) groups is 1. The highest BCUT2D eigenvalue weighted by Crippen LogP contribution is 2.24. The van der Waals surface area contributed by atoms with Gasteiger partial charge in [-0.2, -0.15) is 0 Å². The van der Waals surface area contributed by atoms with E-state index in [2.05, 4.69) is 10.3 Å². The number of aryl methyl sites for hydroxylation is 2. The normalized spacial score (nSPS) is 11.0. The van der Waals surface area contributed by atoms with Crippen molar-refractivity contribution in [3.63, 3.8) is 0 Å². The minimum absolute atomic E-state index is 0.137. The maximum Gasteiger partial charge on any atom is 0.287 e. The van der Waals surface area contributed by atoms with E-state index in [0.717, 1.165) is 16.1 Å². The molecular formula is C22H19N3O3S. The van der Waals surface area contributed by atoms with Crippen LogP contribution in [0.3, 0.4) is 0 Å². The molecule has 6 nitrogen and oxygen atoms in total. The molecule has 0 saturated heterocycles. The number of benzene rings is 2. The number of carbonyl (C=O) groups excluding carboxylic acids is 1. The third kappa shape index (κ3) is 4.41. The molecule has 0 atom stereocenters. The fraction of sp³-hybridized carbons (Fsp3) is 0.136. The van der Waals surface area contributed by atoms with E-state index in [0.29, 0.717) is 28.4 Å². The van der Waals surface area contributed by atoms with Crippen molar-refractivity contribution in [2.24, 2.45) is 0 Å². The van der Waals surface area contributed by atoms with Gasteiger partial charge in [-0.15, -0.1) is 16.3 Å². The monoisotopic (exact) mass is 405 g/mol. The minimum atomic E-state index is -0.229. The van der Waals surface area contributed by atoms with Gasteiger partial charge in [-0.25, -0.2) is 4.98 Å². The van der Waals surface area contributed by atoms with Gasteiger partial charge in [-0.1, -0.05) is 17.7 Å². The molecule has 4 aromatic rings. The molecule has 2 aromatic heterocycles. The number of aromatic nitrogens is 2. The number of nitrogens with one attached hydrogen (secondary N) is 1. The first-order chi connectivity index (χ1) is 14.0. The molecule has 0 saturated carbocycles. The van der Waals surface area contributed by atoms with Gasteiger partial charge in [0.15, 0.2) is 5.65 Å². The van der Waals surface area contributed by atoms with Crippen LogP contribution in [0.5, 0.6) is 0 Å². The Kier molecular flexibility index (Phi) is 5.22. The van der Waals surface area contributed by atoms with Gasteiger partial charge in [0.25, 0.3) is 11.5 Å². The highest BCUT2D eigenvalue weighted by molar-refractivity contribution is 7.98. The second-order valence-electron chi connectivity index (χ2n) is 6.72. The first-order valence-corrected chi connectivity index (χ1v) is 10.1. The Morgan fingerprint density at radius 1 is 1.10 bits per heavy atom. The van der Waals surface area contributed by atoms with Gasteiger partial charge in [0.2, 0.25) is 0 Å². The number of hydrogen-bond acceptors (Lipinski definition) is 5. The quantitative estimate of drug-likeness (QED) is 0.497. The van der Waals surface area contributed by atoms with Crippen molar-refractivity contribution in [2.45, 2.75) is 24.5 Å². The molecule has 0 radical (unpaired) electrons. The molecule has 0 aliphatic heterocycles. The van der Waals surface area contributed by atoms with Gasteiger partial charge in [-0.3, -0.25) is 9.59 Å². The zero-order chi connectivity index (χ0) is 20.4. The van der Waals surface area contributed by atoms with Crippen LogP contribution in [0.25, 0.3) is 5.65 Å². The van der Waals surface area contributed by atoms with E-state index in [1.54, 1.807) is 30.8 Å². The summed E-state index contributed by atoms with van der Waals surface area (Å²) < 4.78 is 6.49. The number of fused-ring (bicyclic) bond motifs is 1. The molecule has 7 heteroatoms. The predicted molar refractivity (Wildman–Crippen MR) is 114 cm³/mol. The van der Waals surface area contributed by atoms with Crippen molar-refractivity contribution in [3.8, 4) is 0 Å². The lowest BCUT2D eigenvalue weighted by Crippen LogP contribution is -2.12. The van der Waals surface area contributed by atoms with Crippen molar-refractivity contribution in [1.29, 1.82) is 0 Å². The van der Waals surface area contributed by atoms with Gasteiger partial charge < -0.3 is 9.84 Å². The van der Waals surface area contributed by atoms with Crippen molar-refractivity contribution >= 4 is 29.0 Å². The first kappa shape index (κ1) is 19.0. The van der Waals surface area contributed by atoms with Crippen LogP contribution in [0.4, 0.5) is 5.69 Å². The Morgan fingerprint density at radius 2 is 1.90 bits per heavy atom. The Morgan fingerprint density at radius 3 is 2.66 bits per heavy atom. The predicted octanol–water partition coefficient (Wildman–Crippen LogP) is 4.45. The van der Waals surface area contributed by atoms with Crippen molar-refractivity contribution in [3.05, 3.63) is 93.6 Å². The average molecular weight is 405 g/mol. The van der Waals surface area contributed by atoms with Gasteiger partial charge >= 0.3 is 0 Å². The Bertz CT molecular complexity index is 1240. The van der Waals surface area contributed by atoms with Crippen LogP contribution < -0.4 is 10.9 Å². The van der Waals surface area contributed by atoms with E-state index in [1.807, 2.05) is 49.4 Å². The average Bonchev–Trinajstić information content (AvgIpc) is 3.08. The lowest BCUT2D eigenvalue weighted by atomic mass is 10.1. The van der Waals surface area contributed by atoms with E-state index < -0.39 is 0 Å². The summed E-state index contributed by atoms with van der Waals surface area (Å²) in [6, 6.07) is 18.3. The fourth-order valence-corrected chi connectivity index (χ4v) is 3.72. The number of anilines is 1. The summed E-state index contributed by atoms with van der Waals surface area (Å²) in [5.41, 5.74) is 3.38. The van der Waals surface area contributed by atoms with Crippen LogP contribution in [0.1, 0.15) is 27.4 Å². The van der Waals surface area contributed by atoms with E-state index in [4.69, 9.17) is 4.52 Å². The van der Waals surface area contributed by atoms with Crippen LogP contribution >= 0.6 is 11.8 Å². The van der Waals surface area contributed by atoms with E-state index in [-0.39, 0.29) is 11.5 Å². The summed E-state index contributed by atoms with van der Waals surface area (Å²) in [6.45, 7) is 3.74. The number of thioether (sulfide) groups is 1. The molecule has 4 rings (SSSR count). The van der Waals surface area contributed by atoms with Gasteiger partial charge in [0.1, 0.15) is 5.76 Å². The van der Waals surface area contributed by atoms with Crippen LogP contribution in [0.15, 0.2) is 74.9 Å². The molecule has 0 unspecified atom stereocenters. The van der Waals surface area contributed by atoms with Crippen LogP contribution in [0.2, 0.25) is 0 Å². The number of nitrogens with zero attached hydrogens (tertiary/aromatic N) is 2. The smallest absolute Gasteiger partial charge is 0.287 e. The zero-order valence-corrected chi connectivity index (χ0v) is 16.8. The van der Waals surface area contributed by atoms with Gasteiger partial charge in [0, 0.05) is 34.0 Å². The SMILES string of the molecule is Cc1cccc(C(=O)Nc2ccc(SCc3cc(=O)n4oc(C)cc4n3)cc2)c1. The van der Waals surface area contributed by atoms with Crippen molar-refractivity contribution in [1.82, 2.24) is 9.56 Å². The molecule has 0 fully saturated rings. The van der Waals surface area contributed by atoms with Crippen LogP contribution in [0, 0.1) is 13.8 Å². The molecule has 1 amide bonds. The summed E-state index contributed by atoms with van der Waals surface area (Å²) in [7, 11) is 0. The summed E-state index contributed by atoms with van der Waals surface area (Å²) in [5.74, 6) is 1.07. The molecule has 146 valence electrons. The Hall–Kier alpha value is -3.32. The molecule has 0 aliphatic rings. The van der Waals surface area contributed by atoms with Crippen LogP contribution in [-0.2, 0) is 5.75 Å². The maximum atomic E-state index is 12.3. The summed E-state index contributed by atoms with van der Waals surface area (Å²) >= 11 is 1.57. The molecule has 0 spiro atoms. The van der Waals surface area contributed by atoms with E-state index in [1.165, 1.54) is 10.6 Å². The lowest BCUT2D eigenvalue weighted by Gasteiger charge is -2.07. The lowest BCUT2D eigenvalue weighted by molar-refractivity contribution is 0.102. The summed E-state index contributed by atoms with van der Waals surface area (Å²) in [6.07, 6.45) is 0. The van der Waals surface area contributed by atoms with Gasteiger partial charge in [0.05, 0.1) is 5.69 Å². The molecule has 29 heavy (non-hydrogen) atoms. The largest absolute Gasteiger partial charge is 0.375 e. The summed E-state index contributed by atoms with van der Waals surface area (Å²) in [5, 5.41) is 2.90. The molecule has 2 aromatic carbocycles. The number of hydrogen-bond donors (Lipinski definition) is 1. The first-order valence-electron chi connectivity index (χ1n) is 9.08. The van der Waals surface area contributed by atoms with E-state index in [9.17, 15) is 9.59 Å². The highest BCUT2D eigenvalue weighted by atomic mass is 32.2. The second-order valence-corrected chi connectivity index (χ2v) is 7.77. The summed E-state index contributed by atoms with van der Waals surface area (Å²) in [4.78, 5) is 29.9. The van der Waals surface area contributed by atoms with Crippen LogP contribution in [-0.4, -0.2) is 15.5 Å². The van der Waals surface area contributed by atoms with Crippen molar-refractivity contribution < 1.29 is 9.32 Å². The topological polar surface area (TPSA) is 76.6 Å². The van der Waals surface area contributed by atoms with Gasteiger partial charge in [-0.05, 0) is 50.2 Å².